The molecule has 0 aromatic heterocycles. The van der Waals surface area contributed by atoms with Crippen molar-refractivity contribution in [3.05, 3.63) is 29.8 Å². The van der Waals surface area contributed by atoms with E-state index in [1.807, 2.05) is 24.3 Å². The zero-order valence-corrected chi connectivity index (χ0v) is 12.0. The van der Waals surface area contributed by atoms with Crippen LogP contribution >= 0.6 is 0 Å². The third kappa shape index (κ3) is 5.35. The highest BCUT2D eigenvalue weighted by molar-refractivity contribution is 5.94. The van der Waals surface area contributed by atoms with Gasteiger partial charge in [-0.15, -0.1) is 0 Å². The topological polar surface area (TPSA) is 29.1 Å². The molecule has 0 aliphatic heterocycles. The van der Waals surface area contributed by atoms with Crippen LogP contribution in [-0.2, 0) is 0 Å². The minimum absolute atomic E-state index is 0.117. The normalized spacial score (nSPS) is 12.5. The van der Waals surface area contributed by atoms with E-state index in [0.717, 1.165) is 17.2 Å². The van der Waals surface area contributed by atoms with Gasteiger partial charge < -0.3 is 5.32 Å². The van der Waals surface area contributed by atoms with Crippen molar-refractivity contribution in [2.75, 3.05) is 5.32 Å². The van der Waals surface area contributed by atoms with Gasteiger partial charge in [-0.25, -0.2) is 0 Å². The molecule has 0 amide bonds. The summed E-state index contributed by atoms with van der Waals surface area (Å²) in [6, 6.07) is 8.20. The maximum absolute atomic E-state index is 11.2. The number of Topliss-reactive ketones (excluding diaryl/α,β-unsaturated/α-hetero) is 1. The summed E-state index contributed by atoms with van der Waals surface area (Å²) in [6.45, 7) is 8.33. The largest absolute Gasteiger partial charge is 0.383 e. The molecule has 1 N–H and O–H groups in total. The molecular formula is C16H25NO. The molecule has 0 heterocycles. The van der Waals surface area contributed by atoms with E-state index in [2.05, 4.69) is 26.1 Å². The molecular weight excluding hydrogens is 222 g/mol. The lowest BCUT2D eigenvalue weighted by atomic mass is 10.0. The van der Waals surface area contributed by atoms with Crippen LogP contribution in [0.2, 0.25) is 0 Å². The summed E-state index contributed by atoms with van der Waals surface area (Å²) in [4.78, 5) is 11.2. The third-order valence-electron chi connectivity index (χ3n) is 3.12. The van der Waals surface area contributed by atoms with Crippen molar-refractivity contribution in [2.45, 2.75) is 53.0 Å². The summed E-state index contributed by atoms with van der Waals surface area (Å²) in [5.41, 5.74) is 1.87. The highest BCUT2D eigenvalue weighted by Gasteiger charge is 2.04. The fraction of sp³-hybridized carbons (Fsp3) is 0.562. The van der Waals surface area contributed by atoms with Crippen molar-refractivity contribution in [1.82, 2.24) is 0 Å². The first kappa shape index (κ1) is 14.7. The van der Waals surface area contributed by atoms with Crippen molar-refractivity contribution in [1.29, 1.82) is 0 Å². The average molecular weight is 247 g/mol. The second-order valence-corrected chi connectivity index (χ2v) is 5.50. The van der Waals surface area contributed by atoms with Gasteiger partial charge >= 0.3 is 0 Å². The van der Waals surface area contributed by atoms with Gasteiger partial charge in [-0.1, -0.05) is 26.7 Å². The highest BCUT2D eigenvalue weighted by Crippen LogP contribution is 2.14. The number of hydrogen-bond acceptors (Lipinski definition) is 2. The molecule has 1 unspecified atom stereocenters. The van der Waals surface area contributed by atoms with E-state index in [9.17, 15) is 4.79 Å². The van der Waals surface area contributed by atoms with Crippen LogP contribution in [0.4, 0.5) is 5.69 Å². The first-order valence-corrected chi connectivity index (χ1v) is 6.86. The number of nitrogens with one attached hydrogen (secondary N) is 1. The number of carbonyl (C=O) groups is 1. The molecule has 0 aliphatic rings. The fourth-order valence-corrected chi connectivity index (χ4v) is 1.99. The zero-order chi connectivity index (χ0) is 13.5. The summed E-state index contributed by atoms with van der Waals surface area (Å²) < 4.78 is 0. The third-order valence-corrected chi connectivity index (χ3v) is 3.12. The Hall–Kier alpha value is -1.31. The Labute approximate surface area is 111 Å². The van der Waals surface area contributed by atoms with E-state index in [0.29, 0.717) is 6.04 Å². The maximum atomic E-state index is 11.2. The Morgan fingerprint density at radius 1 is 1.11 bits per heavy atom. The summed E-state index contributed by atoms with van der Waals surface area (Å²) in [6.07, 6.45) is 3.74. The Morgan fingerprint density at radius 2 is 1.72 bits per heavy atom. The highest BCUT2D eigenvalue weighted by atomic mass is 16.1. The van der Waals surface area contributed by atoms with Crippen molar-refractivity contribution < 1.29 is 4.79 Å². The molecule has 1 atom stereocenters. The lowest BCUT2D eigenvalue weighted by Crippen LogP contribution is -2.15. The zero-order valence-electron chi connectivity index (χ0n) is 12.0. The van der Waals surface area contributed by atoms with E-state index in [4.69, 9.17) is 0 Å². The van der Waals surface area contributed by atoms with E-state index >= 15 is 0 Å². The molecule has 0 saturated heterocycles. The van der Waals surface area contributed by atoms with Crippen LogP contribution in [0.25, 0.3) is 0 Å². The SMILES string of the molecule is CC(=O)c1ccc(NC(C)CCCC(C)C)cc1. The van der Waals surface area contributed by atoms with Gasteiger partial charge in [-0.2, -0.15) is 0 Å². The number of hydrogen-bond donors (Lipinski definition) is 1. The Morgan fingerprint density at radius 3 is 2.22 bits per heavy atom. The maximum Gasteiger partial charge on any atom is 0.159 e. The van der Waals surface area contributed by atoms with Crippen LogP contribution in [0.1, 0.15) is 57.3 Å². The summed E-state index contributed by atoms with van der Waals surface area (Å²) in [7, 11) is 0. The predicted octanol–water partition coefficient (Wildman–Crippen LogP) is 4.52. The predicted molar refractivity (Wildman–Crippen MR) is 78.2 cm³/mol. The first-order valence-electron chi connectivity index (χ1n) is 6.86. The molecule has 0 spiro atoms. The molecule has 2 nitrogen and oxygen atoms in total. The number of anilines is 1. The van der Waals surface area contributed by atoms with Crippen LogP contribution in [0.3, 0.4) is 0 Å². The van der Waals surface area contributed by atoms with Gasteiger partial charge in [0.25, 0.3) is 0 Å². The molecule has 18 heavy (non-hydrogen) atoms. The van der Waals surface area contributed by atoms with Gasteiger partial charge in [0, 0.05) is 17.3 Å². The van der Waals surface area contributed by atoms with Gasteiger partial charge in [0.15, 0.2) is 5.78 Å². The van der Waals surface area contributed by atoms with Gasteiger partial charge in [-0.3, -0.25) is 4.79 Å². The minimum Gasteiger partial charge on any atom is -0.383 e. The van der Waals surface area contributed by atoms with Gasteiger partial charge in [-0.05, 0) is 50.5 Å². The molecule has 1 aromatic carbocycles. The standard InChI is InChI=1S/C16H25NO/c1-12(2)6-5-7-13(3)17-16-10-8-15(9-11-16)14(4)18/h8-13,17H,5-7H2,1-4H3. The van der Waals surface area contributed by atoms with Gasteiger partial charge in [0.1, 0.15) is 0 Å². The molecule has 0 fully saturated rings. The van der Waals surface area contributed by atoms with Crippen LogP contribution < -0.4 is 5.32 Å². The monoisotopic (exact) mass is 247 g/mol. The first-order chi connectivity index (χ1) is 8.49. The Bertz CT molecular complexity index is 367. The van der Waals surface area contributed by atoms with Gasteiger partial charge in [0.05, 0.1) is 0 Å². The molecule has 100 valence electrons. The van der Waals surface area contributed by atoms with Gasteiger partial charge in [0.2, 0.25) is 0 Å². The fourth-order valence-electron chi connectivity index (χ4n) is 1.99. The summed E-state index contributed by atoms with van der Waals surface area (Å²) in [5.74, 6) is 0.901. The van der Waals surface area contributed by atoms with E-state index < -0.39 is 0 Å². The Kier molecular flexibility index (Phi) is 5.90. The number of ketones is 1. The second kappa shape index (κ2) is 7.20. The lowest BCUT2D eigenvalue weighted by molar-refractivity contribution is 0.101. The summed E-state index contributed by atoms with van der Waals surface area (Å²) >= 11 is 0. The van der Waals surface area contributed by atoms with Crippen LogP contribution in [-0.4, -0.2) is 11.8 Å². The van der Waals surface area contributed by atoms with E-state index in [-0.39, 0.29) is 5.78 Å². The molecule has 0 bridgehead atoms. The van der Waals surface area contributed by atoms with Crippen molar-refractivity contribution >= 4 is 11.5 Å². The molecule has 2 heteroatoms. The number of carbonyl (C=O) groups excluding carboxylic acids is 1. The summed E-state index contributed by atoms with van der Waals surface area (Å²) in [5, 5.41) is 3.47. The lowest BCUT2D eigenvalue weighted by Gasteiger charge is -2.16. The molecule has 1 rings (SSSR count). The number of benzene rings is 1. The van der Waals surface area contributed by atoms with Crippen molar-refractivity contribution in [3.8, 4) is 0 Å². The van der Waals surface area contributed by atoms with Crippen molar-refractivity contribution in [2.24, 2.45) is 5.92 Å². The Balaban J connectivity index is 2.39. The van der Waals surface area contributed by atoms with Crippen LogP contribution in [0.5, 0.6) is 0 Å². The van der Waals surface area contributed by atoms with E-state index in [1.165, 1.54) is 19.3 Å². The quantitative estimate of drug-likeness (QED) is 0.718. The van der Waals surface area contributed by atoms with Crippen LogP contribution in [0.15, 0.2) is 24.3 Å². The van der Waals surface area contributed by atoms with Crippen molar-refractivity contribution in [3.63, 3.8) is 0 Å². The average Bonchev–Trinajstić information content (AvgIpc) is 2.29. The smallest absolute Gasteiger partial charge is 0.159 e. The second-order valence-electron chi connectivity index (χ2n) is 5.50. The minimum atomic E-state index is 0.117. The molecule has 1 aromatic rings. The van der Waals surface area contributed by atoms with Crippen LogP contribution in [0, 0.1) is 5.92 Å². The number of rotatable bonds is 7. The van der Waals surface area contributed by atoms with E-state index in [1.54, 1.807) is 6.92 Å². The molecule has 0 saturated carbocycles. The molecule has 0 radical (unpaired) electrons. The molecule has 0 aliphatic carbocycles.